The Hall–Kier alpha value is -0.0400. The Morgan fingerprint density at radius 3 is 1.08 bits per heavy atom. The van der Waals surface area contributed by atoms with E-state index < -0.39 is 0 Å². The molecule has 0 spiro atoms. The van der Waals surface area contributed by atoms with Gasteiger partial charge in [0, 0.05) is 0 Å². The van der Waals surface area contributed by atoms with Crippen molar-refractivity contribution in [1.82, 2.24) is 4.90 Å². The summed E-state index contributed by atoms with van der Waals surface area (Å²) in [5, 5.41) is 0. The molecule has 0 unspecified atom stereocenters. The van der Waals surface area contributed by atoms with Crippen LogP contribution in [0.15, 0.2) is 0 Å². The van der Waals surface area contributed by atoms with Gasteiger partial charge < -0.3 is 4.90 Å². The van der Waals surface area contributed by atoms with E-state index in [0.717, 1.165) is 0 Å². The van der Waals surface area contributed by atoms with Gasteiger partial charge in [0.25, 0.3) is 0 Å². The molecule has 0 aliphatic heterocycles. The Labute approximate surface area is 79.2 Å². The van der Waals surface area contributed by atoms with Crippen LogP contribution < -0.4 is 0 Å². The topological polar surface area (TPSA) is 3.24 Å². The zero-order valence-electron chi connectivity index (χ0n) is 9.69. The molecule has 76 valence electrons. The van der Waals surface area contributed by atoms with E-state index in [1.807, 2.05) is 13.8 Å². The summed E-state index contributed by atoms with van der Waals surface area (Å²) < 4.78 is 0. The van der Waals surface area contributed by atoms with Crippen LogP contribution in [0.3, 0.4) is 0 Å². The molecular formula is C11H27N. The van der Waals surface area contributed by atoms with Gasteiger partial charge in [-0.25, -0.2) is 0 Å². The Morgan fingerprint density at radius 2 is 0.917 bits per heavy atom. The summed E-state index contributed by atoms with van der Waals surface area (Å²) in [5.41, 5.74) is 0. The Bertz CT molecular complexity index is 47.8. The van der Waals surface area contributed by atoms with Gasteiger partial charge in [0.15, 0.2) is 0 Å². The summed E-state index contributed by atoms with van der Waals surface area (Å²) in [4.78, 5) is 2.54. The summed E-state index contributed by atoms with van der Waals surface area (Å²) in [5.74, 6) is 0. The number of hydrogen-bond acceptors (Lipinski definition) is 1. The second kappa shape index (κ2) is 13.5. The van der Waals surface area contributed by atoms with Crippen molar-refractivity contribution in [3.8, 4) is 0 Å². The standard InChI is InChI=1S/C9H21N.C2H6/c1-4-7-10(8-5-2)9-6-3;1-2/h4-9H2,1-3H3;1-2H3. The quantitative estimate of drug-likeness (QED) is 0.594. The highest BCUT2D eigenvalue weighted by Crippen LogP contribution is 1.94. The third-order valence-corrected chi connectivity index (χ3v) is 1.62. The summed E-state index contributed by atoms with van der Waals surface area (Å²) >= 11 is 0. The molecule has 0 aromatic heterocycles. The Balaban J connectivity index is 0. The third-order valence-electron chi connectivity index (χ3n) is 1.62. The lowest BCUT2D eigenvalue weighted by Crippen LogP contribution is -2.25. The van der Waals surface area contributed by atoms with E-state index in [1.165, 1.54) is 38.9 Å². The third kappa shape index (κ3) is 9.96. The monoisotopic (exact) mass is 173 g/mol. The first-order valence-electron chi connectivity index (χ1n) is 5.57. The highest BCUT2D eigenvalue weighted by atomic mass is 15.1. The fourth-order valence-electron chi connectivity index (χ4n) is 1.28. The molecule has 0 bridgehead atoms. The zero-order chi connectivity index (χ0) is 9.82. The van der Waals surface area contributed by atoms with Gasteiger partial charge in [-0.05, 0) is 38.9 Å². The van der Waals surface area contributed by atoms with Crippen molar-refractivity contribution in [2.24, 2.45) is 0 Å². The average molecular weight is 173 g/mol. The predicted molar refractivity (Wildman–Crippen MR) is 58.7 cm³/mol. The van der Waals surface area contributed by atoms with Crippen molar-refractivity contribution >= 4 is 0 Å². The van der Waals surface area contributed by atoms with E-state index >= 15 is 0 Å². The highest BCUT2D eigenvalue weighted by molar-refractivity contribution is 4.53. The number of hydrogen-bond donors (Lipinski definition) is 0. The van der Waals surface area contributed by atoms with E-state index in [9.17, 15) is 0 Å². The van der Waals surface area contributed by atoms with Crippen LogP contribution in [0.5, 0.6) is 0 Å². The Morgan fingerprint density at radius 1 is 0.667 bits per heavy atom. The molecule has 0 atom stereocenters. The average Bonchev–Trinajstić information content (AvgIpc) is 2.10. The van der Waals surface area contributed by atoms with Gasteiger partial charge in [-0.15, -0.1) is 0 Å². The van der Waals surface area contributed by atoms with Crippen LogP contribution >= 0.6 is 0 Å². The smallest absolute Gasteiger partial charge is 0.00214 e. The van der Waals surface area contributed by atoms with Crippen molar-refractivity contribution < 1.29 is 0 Å². The van der Waals surface area contributed by atoms with Crippen LogP contribution in [0.25, 0.3) is 0 Å². The molecule has 0 aliphatic carbocycles. The summed E-state index contributed by atoms with van der Waals surface area (Å²) in [6, 6.07) is 0. The summed E-state index contributed by atoms with van der Waals surface area (Å²) in [7, 11) is 0. The van der Waals surface area contributed by atoms with Crippen LogP contribution in [0.4, 0.5) is 0 Å². The first kappa shape index (κ1) is 14.5. The molecule has 0 aromatic rings. The molecule has 0 amide bonds. The predicted octanol–water partition coefficient (Wildman–Crippen LogP) is 3.54. The maximum atomic E-state index is 2.54. The van der Waals surface area contributed by atoms with E-state index in [-0.39, 0.29) is 0 Å². The van der Waals surface area contributed by atoms with Crippen LogP contribution in [-0.4, -0.2) is 24.5 Å². The van der Waals surface area contributed by atoms with Crippen LogP contribution in [0, 0.1) is 0 Å². The lowest BCUT2D eigenvalue weighted by Gasteiger charge is -2.19. The van der Waals surface area contributed by atoms with Crippen LogP contribution in [0.1, 0.15) is 53.9 Å². The van der Waals surface area contributed by atoms with Crippen LogP contribution in [0.2, 0.25) is 0 Å². The van der Waals surface area contributed by atoms with Gasteiger partial charge in [-0.1, -0.05) is 34.6 Å². The van der Waals surface area contributed by atoms with Crippen molar-refractivity contribution in [1.29, 1.82) is 0 Å². The van der Waals surface area contributed by atoms with Gasteiger partial charge in [0.1, 0.15) is 0 Å². The molecule has 0 aromatic carbocycles. The van der Waals surface area contributed by atoms with Gasteiger partial charge >= 0.3 is 0 Å². The molecule has 0 heterocycles. The second-order valence-electron chi connectivity index (χ2n) is 2.84. The molecule has 1 nitrogen and oxygen atoms in total. The molecule has 0 fully saturated rings. The fraction of sp³-hybridized carbons (Fsp3) is 1.00. The molecule has 0 saturated carbocycles. The van der Waals surface area contributed by atoms with Crippen molar-refractivity contribution in [2.45, 2.75) is 53.9 Å². The van der Waals surface area contributed by atoms with Gasteiger partial charge in [0.2, 0.25) is 0 Å². The van der Waals surface area contributed by atoms with E-state index in [4.69, 9.17) is 0 Å². The van der Waals surface area contributed by atoms with Crippen LogP contribution in [-0.2, 0) is 0 Å². The maximum absolute atomic E-state index is 2.54. The minimum Gasteiger partial charge on any atom is -0.303 e. The fourth-order valence-corrected chi connectivity index (χ4v) is 1.28. The molecule has 12 heavy (non-hydrogen) atoms. The van der Waals surface area contributed by atoms with Gasteiger partial charge in [0.05, 0.1) is 0 Å². The Kier molecular flexibility index (Phi) is 16.3. The lowest BCUT2D eigenvalue weighted by molar-refractivity contribution is 0.275. The largest absolute Gasteiger partial charge is 0.303 e. The molecule has 0 saturated heterocycles. The molecule has 0 N–H and O–H groups in total. The first-order chi connectivity index (χ1) is 5.85. The number of nitrogens with zero attached hydrogens (tertiary/aromatic N) is 1. The normalized spacial score (nSPS) is 9.50. The highest BCUT2D eigenvalue weighted by Gasteiger charge is 1.98. The molecular weight excluding hydrogens is 146 g/mol. The summed E-state index contributed by atoms with van der Waals surface area (Å²) in [6.45, 7) is 14.6. The molecule has 0 aliphatic rings. The first-order valence-corrected chi connectivity index (χ1v) is 5.57. The van der Waals surface area contributed by atoms with E-state index in [0.29, 0.717) is 0 Å². The van der Waals surface area contributed by atoms with Gasteiger partial charge in [-0.2, -0.15) is 0 Å². The second-order valence-corrected chi connectivity index (χ2v) is 2.84. The van der Waals surface area contributed by atoms with Crippen molar-refractivity contribution in [2.75, 3.05) is 19.6 Å². The van der Waals surface area contributed by atoms with Gasteiger partial charge in [-0.3, -0.25) is 0 Å². The minimum absolute atomic E-state index is 1.28. The van der Waals surface area contributed by atoms with E-state index in [1.54, 1.807) is 0 Å². The van der Waals surface area contributed by atoms with Crippen molar-refractivity contribution in [3.05, 3.63) is 0 Å². The minimum atomic E-state index is 1.28. The number of rotatable bonds is 6. The molecule has 0 rings (SSSR count). The van der Waals surface area contributed by atoms with E-state index in [2.05, 4.69) is 25.7 Å². The lowest BCUT2D eigenvalue weighted by atomic mass is 10.3. The maximum Gasteiger partial charge on any atom is -0.00214 e. The molecule has 0 radical (unpaired) electrons. The van der Waals surface area contributed by atoms with Crippen molar-refractivity contribution in [3.63, 3.8) is 0 Å². The molecule has 1 heteroatoms. The SMILES string of the molecule is CC.CCCN(CCC)CCC. The zero-order valence-corrected chi connectivity index (χ0v) is 9.69. The summed E-state index contributed by atoms with van der Waals surface area (Å²) in [6.07, 6.45) is 3.88.